The summed E-state index contributed by atoms with van der Waals surface area (Å²) in [5.41, 5.74) is 10.8. The first kappa shape index (κ1) is 13.1. The standard InChI is InChI=1S/C16H11BN4/c1-3-10-5-4-9(2)11(8-10)12-6-7-13-14(19-12)15(18)21-16(17)20-13/h1,4-8H,2H3,(H2,18,20,21). The van der Waals surface area contributed by atoms with Gasteiger partial charge in [-0.1, -0.05) is 12.0 Å². The molecular formula is C16H11BN4. The third-order valence-electron chi connectivity index (χ3n) is 3.27. The highest BCUT2D eigenvalue weighted by molar-refractivity contribution is 6.29. The van der Waals surface area contributed by atoms with Crippen LogP contribution in [-0.4, -0.2) is 22.8 Å². The van der Waals surface area contributed by atoms with Crippen LogP contribution in [0.3, 0.4) is 0 Å². The van der Waals surface area contributed by atoms with Crippen molar-refractivity contribution < 1.29 is 0 Å². The Morgan fingerprint density at radius 2 is 1.95 bits per heavy atom. The number of nitrogens with two attached hydrogens (primary N) is 1. The van der Waals surface area contributed by atoms with Gasteiger partial charge in [0, 0.05) is 11.1 Å². The average molecular weight is 270 g/mol. The molecule has 0 bridgehead atoms. The molecule has 0 spiro atoms. The quantitative estimate of drug-likeness (QED) is 0.535. The van der Waals surface area contributed by atoms with Crippen LogP contribution in [0.4, 0.5) is 5.82 Å². The summed E-state index contributed by atoms with van der Waals surface area (Å²) >= 11 is 0. The molecule has 98 valence electrons. The summed E-state index contributed by atoms with van der Waals surface area (Å²) in [6.07, 6.45) is 5.45. The predicted molar refractivity (Wildman–Crippen MR) is 85.2 cm³/mol. The molecular weight excluding hydrogens is 259 g/mol. The molecule has 0 aliphatic heterocycles. The Balaban J connectivity index is 2.25. The smallest absolute Gasteiger partial charge is 0.170 e. The van der Waals surface area contributed by atoms with Crippen molar-refractivity contribution in [3.05, 3.63) is 41.5 Å². The molecule has 0 saturated heterocycles. The lowest BCUT2D eigenvalue weighted by molar-refractivity contribution is 1.26. The molecule has 3 rings (SSSR count). The van der Waals surface area contributed by atoms with E-state index in [9.17, 15) is 0 Å². The Morgan fingerprint density at radius 3 is 2.71 bits per heavy atom. The second-order valence-corrected chi connectivity index (χ2v) is 4.71. The molecule has 2 radical (unpaired) electrons. The van der Waals surface area contributed by atoms with Gasteiger partial charge in [0.05, 0.1) is 16.9 Å². The maximum Gasteiger partial charge on any atom is 0.170 e. The van der Waals surface area contributed by atoms with E-state index in [1.54, 1.807) is 0 Å². The van der Waals surface area contributed by atoms with Gasteiger partial charge in [-0.15, -0.1) is 6.42 Å². The van der Waals surface area contributed by atoms with Crippen molar-refractivity contribution in [3.8, 4) is 23.6 Å². The van der Waals surface area contributed by atoms with Crippen LogP contribution in [0.5, 0.6) is 0 Å². The van der Waals surface area contributed by atoms with Gasteiger partial charge in [0.2, 0.25) is 0 Å². The Morgan fingerprint density at radius 1 is 1.14 bits per heavy atom. The van der Waals surface area contributed by atoms with Crippen LogP contribution in [0, 0.1) is 19.3 Å². The number of pyridine rings is 1. The summed E-state index contributed by atoms with van der Waals surface area (Å²) < 4.78 is 0. The molecule has 0 aliphatic carbocycles. The van der Waals surface area contributed by atoms with Gasteiger partial charge < -0.3 is 5.73 Å². The first-order chi connectivity index (χ1) is 10.1. The van der Waals surface area contributed by atoms with Crippen molar-refractivity contribution >= 4 is 30.4 Å². The van der Waals surface area contributed by atoms with Gasteiger partial charge in [0.15, 0.2) is 13.7 Å². The summed E-state index contributed by atoms with van der Waals surface area (Å²) in [4.78, 5) is 12.6. The van der Waals surface area contributed by atoms with E-state index in [1.807, 2.05) is 37.3 Å². The zero-order valence-electron chi connectivity index (χ0n) is 11.5. The van der Waals surface area contributed by atoms with E-state index in [0.717, 1.165) is 22.4 Å². The van der Waals surface area contributed by atoms with E-state index >= 15 is 0 Å². The number of nitrogen functional groups attached to an aromatic ring is 1. The molecule has 2 aromatic heterocycles. The third kappa shape index (κ3) is 2.32. The fraction of sp³-hybridized carbons (Fsp3) is 0.0625. The van der Waals surface area contributed by atoms with Gasteiger partial charge in [-0.2, -0.15) is 0 Å². The number of aromatic nitrogens is 3. The fourth-order valence-corrected chi connectivity index (χ4v) is 2.19. The maximum absolute atomic E-state index is 5.87. The Labute approximate surface area is 123 Å². The number of nitrogens with zero attached hydrogens (tertiary/aromatic N) is 3. The summed E-state index contributed by atoms with van der Waals surface area (Å²) in [5.74, 6) is 2.90. The van der Waals surface area contributed by atoms with Crippen molar-refractivity contribution in [3.63, 3.8) is 0 Å². The van der Waals surface area contributed by atoms with Gasteiger partial charge in [-0.3, -0.25) is 0 Å². The lowest BCUT2D eigenvalue weighted by atomic mass is 10.0. The first-order valence-electron chi connectivity index (χ1n) is 6.36. The van der Waals surface area contributed by atoms with Gasteiger partial charge in [-0.25, -0.2) is 15.0 Å². The predicted octanol–water partition coefficient (Wildman–Crippen LogP) is 1.36. The van der Waals surface area contributed by atoms with Crippen LogP contribution >= 0.6 is 0 Å². The van der Waals surface area contributed by atoms with Gasteiger partial charge in [-0.05, 0) is 36.8 Å². The fourth-order valence-electron chi connectivity index (χ4n) is 2.19. The topological polar surface area (TPSA) is 64.7 Å². The molecule has 2 N–H and O–H groups in total. The monoisotopic (exact) mass is 270 g/mol. The molecule has 4 nitrogen and oxygen atoms in total. The zero-order valence-corrected chi connectivity index (χ0v) is 11.5. The largest absolute Gasteiger partial charge is 0.382 e. The van der Waals surface area contributed by atoms with Crippen LogP contribution < -0.4 is 11.5 Å². The van der Waals surface area contributed by atoms with Crippen LogP contribution in [-0.2, 0) is 0 Å². The van der Waals surface area contributed by atoms with Crippen molar-refractivity contribution in [2.24, 2.45) is 0 Å². The lowest BCUT2D eigenvalue weighted by Crippen LogP contribution is -2.15. The first-order valence-corrected chi connectivity index (χ1v) is 6.36. The van der Waals surface area contributed by atoms with Crippen molar-refractivity contribution in [2.75, 3.05) is 5.73 Å². The molecule has 0 atom stereocenters. The average Bonchev–Trinajstić information content (AvgIpc) is 2.47. The van der Waals surface area contributed by atoms with Gasteiger partial charge in [0.25, 0.3) is 0 Å². The third-order valence-corrected chi connectivity index (χ3v) is 3.27. The molecule has 1 aromatic carbocycles. The zero-order chi connectivity index (χ0) is 15.0. The minimum absolute atomic E-state index is 0.139. The number of anilines is 1. The SMILES string of the molecule is [B]c1nc(N)c2nc(-c3cc(C#C)ccc3C)ccc2n1. The number of rotatable bonds is 1. The second-order valence-electron chi connectivity index (χ2n) is 4.71. The van der Waals surface area contributed by atoms with Crippen LogP contribution in [0.25, 0.3) is 22.3 Å². The summed E-state index contributed by atoms with van der Waals surface area (Å²) in [5, 5.41) is 0. The number of terminal acetylenes is 1. The Bertz CT molecular complexity index is 897. The number of hydrogen-bond donors (Lipinski definition) is 1. The summed E-state index contributed by atoms with van der Waals surface area (Å²) in [6, 6.07) is 9.50. The van der Waals surface area contributed by atoms with E-state index in [2.05, 4.69) is 20.9 Å². The van der Waals surface area contributed by atoms with Crippen molar-refractivity contribution in [2.45, 2.75) is 6.92 Å². The molecule has 2 heterocycles. The van der Waals surface area contributed by atoms with Gasteiger partial charge in [0.1, 0.15) is 5.52 Å². The Kier molecular flexibility index (Phi) is 3.07. The minimum atomic E-state index is 0.139. The lowest BCUT2D eigenvalue weighted by Gasteiger charge is -2.08. The van der Waals surface area contributed by atoms with E-state index in [0.29, 0.717) is 11.0 Å². The van der Waals surface area contributed by atoms with Gasteiger partial charge >= 0.3 is 0 Å². The van der Waals surface area contributed by atoms with E-state index in [4.69, 9.17) is 20.0 Å². The van der Waals surface area contributed by atoms with Crippen molar-refractivity contribution in [1.82, 2.24) is 15.0 Å². The molecule has 0 fully saturated rings. The van der Waals surface area contributed by atoms with E-state index in [1.165, 1.54) is 0 Å². The number of fused-ring (bicyclic) bond motifs is 1. The number of aryl methyl sites for hydroxylation is 1. The summed E-state index contributed by atoms with van der Waals surface area (Å²) in [7, 11) is 5.58. The van der Waals surface area contributed by atoms with E-state index < -0.39 is 0 Å². The van der Waals surface area contributed by atoms with Crippen LogP contribution in [0.2, 0.25) is 0 Å². The normalized spacial score (nSPS) is 10.5. The highest BCUT2D eigenvalue weighted by Crippen LogP contribution is 2.25. The second kappa shape index (κ2) is 4.91. The molecule has 0 amide bonds. The molecule has 0 saturated carbocycles. The molecule has 0 unspecified atom stereocenters. The molecule has 3 aromatic rings. The molecule has 0 aliphatic rings. The summed E-state index contributed by atoms with van der Waals surface area (Å²) in [6.45, 7) is 2.00. The highest BCUT2D eigenvalue weighted by atomic mass is 15.0. The minimum Gasteiger partial charge on any atom is -0.382 e. The highest BCUT2D eigenvalue weighted by Gasteiger charge is 2.09. The molecule has 21 heavy (non-hydrogen) atoms. The van der Waals surface area contributed by atoms with Crippen molar-refractivity contribution in [1.29, 1.82) is 0 Å². The number of benzene rings is 1. The van der Waals surface area contributed by atoms with Crippen LogP contribution in [0.1, 0.15) is 11.1 Å². The van der Waals surface area contributed by atoms with E-state index in [-0.39, 0.29) is 11.5 Å². The number of hydrogen-bond acceptors (Lipinski definition) is 4. The van der Waals surface area contributed by atoms with Crippen LogP contribution in [0.15, 0.2) is 30.3 Å². The Hall–Kier alpha value is -2.87. The molecule has 5 heteroatoms. The maximum atomic E-state index is 5.87.